The van der Waals surface area contributed by atoms with Gasteiger partial charge in [0.25, 0.3) is 5.91 Å². The zero-order valence-corrected chi connectivity index (χ0v) is 8.32. The number of hydrogen-bond donors (Lipinski definition) is 1. The van der Waals surface area contributed by atoms with Crippen LogP contribution in [0.3, 0.4) is 0 Å². The average molecular weight is 211 g/mol. The second kappa shape index (κ2) is 6.04. The minimum atomic E-state index is -0.509. The summed E-state index contributed by atoms with van der Waals surface area (Å²) >= 11 is 0. The Morgan fingerprint density at radius 1 is 1.60 bits per heavy atom. The van der Waals surface area contributed by atoms with Crippen LogP contribution in [0, 0.1) is 12.3 Å². The molecule has 0 aromatic rings. The first-order chi connectivity index (χ1) is 7.24. The Kier molecular flexibility index (Phi) is 4.64. The molecule has 1 saturated heterocycles. The first-order valence-corrected chi connectivity index (χ1v) is 4.72. The van der Waals surface area contributed by atoms with E-state index in [0.717, 1.165) is 6.42 Å². The standard InChI is InChI=1S/C10H13NO4/c1-2-5-11-9(12)7-15-10(13)8-4-3-6-14-8/h1,8H,3-7H2,(H,11,12)/t8-/m1/s1. The maximum absolute atomic E-state index is 11.3. The average Bonchev–Trinajstić information content (AvgIpc) is 2.76. The summed E-state index contributed by atoms with van der Waals surface area (Å²) in [7, 11) is 0. The maximum atomic E-state index is 11.3. The van der Waals surface area contributed by atoms with Crippen LogP contribution in [0.4, 0.5) is 0 Å². The highest BCUT2D eigenvalue weighted by Gasteiger charge is 2.25. The van der Waals surface area contributed by atoms with Gasteiger partial charge in [0, 0.05) is 6.61 Å². The summed E-state index contributed by atoms with van der Waals surface area (Å²) in [5.74, 6) is 1.36. The molecule has 0 bridgehead atoms. The van der Waals surface area contributed by atoms with Gasteiger partial charge in [-0.2, -0.15) is 0 Å². The van der Waals surface area contributed by atoms with Gasteiger partial charge in [-0.05, 0) is 12.8 Å². The van der Waals surface area contributed by atoms with Crippen LogP contribution in [0.25, 0.3) is 0 Å². The van der Waals surface area contributed by atoms with Crippen molar-refractivity contribution in [3.63, 3.8) is 0 Å². The summed E-state index contributed by atoms with van der Waals surface area (Å²) in [6, 6.07) is 0. The van der Waals surface area contributed by atoms with Crippen molar-refractivity contribution < 1.29 is 19.1 Å². The Morgan fingerprint density at radius 3 is 3.00 bits per heavy atom. The molecule has 0 saturated carbocycles. The molecule has 1 fully saturated rings. The van der Waals surface area contributed by atoms with E-state index in [1.807, 2.05) is 0 Å². The number of carbonyl (C=O) groups is 2. The SMILES string of the molecule is C#CCNC(=O)COC(=O)[C@H]1CCCO1. The molecule has 0 aromatic carbocycles. The number of nitrogens with one attached hydrogen (secondary N) is 1. The number of amides is 1. The number of hydrogen-bond acceptors (Lipinski definition) is 4. The fourth-order valence-electron chi connectivity index (χ4n) is 1.19. The van der Waals surface area contributed by atoms with Crippen LogP contribution >= 0.6 is 0 Å². The zero-order valence-electron chi connectivity index (χ0n) is 8.32. The number of esters is 1. The van der Waals surface area contributed by atoms with Gasteiger partial charge in [0.1, 0.15) is 0 Å². The van der Waals surface area contributed by atoms with Gasteiger partial charge in [0.05, 0.1) is 6.54 Å². The molecule has 1 amide bonds. The normalized spacial score (nSPS) is 19.3. The maximum Gasteiger partial charge on any atom is 0.335 e. The first-order valence-electron chi connectivity index (χ1n) is 4.72. The van der Waals surface area contributed by atoms with Crippen molar-refractivity contribution >= 4 is 11.9 Å². The van der Waals surface area contributed by atoms with Gasteiger partial charge in [-0.3, -0.25) is 4.79 Å². The molecule has 1 rings (SSSR count). The molecule has 1 aliphatic heterocycles. The van der Waals surface area contributed by atoms with Gasteiger partial charge in [-0.25, -0.2) is 4.79 Å². The van der Waals surface area contributed by atoms with Crippen molar-refractivity contribution in [3.05, 3.63) is 0 Å². The highest BCUT2D eigenvalue weighted by molar-refractivity contribution is 5.82. The minimum Gasteiger partial charge on any atom is -0.454 e. The molecular weight excluding hydrogens is 198 g/mol. The summed E-state index contributed by atoms with van der Waals surface area (Å²) in [5.41, 5.74) is 0. The highest BCUT2D eigenvalue weighted by atomic mass is 16.6. The Hall–Kier alpha value is -1.54. The molecule has 0 aromatic heterocycles. The van der Waals surface area contributed by atoms with E-state index in [4.69, 9.17) is 15.9 Å². The summed E-state index contributed by atoms with van der Waals surface area (Å²) in [4.78, 5) is 22.3. The summed E-state index contributed by atoms with van der Waals surface area (Å²) in [5, 5.41) is 2.39. The lowest BCUT2D eigenvalue weighted by Crippen LogP contribution is -2.31. The lowest BCUT2D eigenvalue weighted by Gasteiger charge is -2.08. The summed E-state index contributed by atoms with van der Waals surface area (Å²) < 4.78 is 9.83. The molecule has 0 aliphatic carbocycles. The molecule has 82 valence electrons. The molecule has 1 heterocycles. The highest BCUT2D eigenvalue weighted by Crippen LogP contribution is 2.12. The molecule has 0 spiro atoms. The Labute approximate surface area is 88.1 Å². The van der Waals surface area contributed by atoms with Crippen LogP contribution in [-0.4, -0.2) is 37.7 Å². The molecule has 1 aliphatic rings. The van der Waals surface area contributed by atoms with E-state index in [9.17, 15) is 9.59 Å². The van der Waals surface area contributed by atoms with Gasteiger partial charge < -0.3 is 14.8 Å². The topological polar surface area (TPSA) is 64.6 Å². The van der Waals surface area contributed by atoms with E-state index in [2.05, 4.69) is 11.2 Å². The summed E-state index contributed by atoms with van der Waals surface area (Å²) in [6.45, 7) is 0.403. The molecule has 0 unspecified atom stereocenters. The Bertz CT molecular complexity index is 276. The van der Waals surface area contributed by atoms with Crippen molar-refractivity contribution in [2.24, 2.45) is 0 Å². The molecule has 5 heteroatoms. The van der Waals surface area contributed by atoms with Crippen molar-refractivity contribution in [1.29, 1.82) is 0 Å². The largest absolute Gasteiger partial charge is 0.454 e. The molecule has 15 heavy (non-hydrogen) atoms. The van der Waals surface area contributed by atoms with Gasteiger partial charge in [0.2, 0.25) is 0 Å². The smallest absolute Gasteiger partial charge is 0.335 e. The number of ether oxygens (including phenoxy) is 2. The predicted octanol–water partition coefficient (Wildman–Crippen LogP) is -0.542. The van der Waals surface area contributed by atoms with E-state index in [-0.39, 0.29) is 13.2 Å². The minimum absolute atomic E-state index is 0.135. The van der Waals surface area contributed by atoms with E-state index in [0.29, 0.717) is 13.0 Å². The predicted molar refractivity (Wildman–Crippen MR) is 51.8 cm³/mol. The summed E-state index contributed by atoms with van der Waals surface area (Å²) in [6.07, 6.45) is 5.94. The molecular formula is C10H13NO4. The van der Waals surface area contributed by atoms with Crippen LogP contribution in [0.5, 0.6) is 0 Å². The number of terminal acetylenes is 1. The number of carbonyl (C=O) groups excluding carboxylic acids is 2. The van der Waals surface area contributed by atoms with Crippen LogP contribution in [-0.2, 0) is 19.1 Å². The monoisotopic (exact) mass is 211 g/mol. The third-order valence-corrected chi connectivity index (χ3v) is 1.93. The molecule has 0 radical (unpaired) electrons. The Morgan fingerprint density at radius 2 is 2.40 bits per heavy atom. The van der Waals surface area contributed by atoms with Crippen molar-refractivity contribution in [2.45, 2.75) is 18.9 Å². The fourth-order valence-corrected chi connectivity index (χ4v) is 1.19. The zero-order chi connectivity index (χ0) is 11.1. The second-order valence-electron chi connectivity index (χ2n) is 3.09. The Balaban J connectivity index is 2.16. The van der Waals surface area contributed by atoms with E-state index >= 15 is 0 Å². The third-order valence-electron chi connectivity index (χ3n) is 1.93. The van der Waals surface area contributed by atoms with Gasteiger partial charge in [-0.15, -0.1) is 6.42 Å². The van der Waals surface area contributed by atoms with Crippen molar-refractivity contribution in [3.8, 4) is 12.3 Å². The van der Waals surface area contributed by atoms with E-state index < -0.39 is 18.0 Å². The molecule has 5 nitrogen and oxygen atoms in total. The van der Waals surface area contributed by atoms with Crippen molar-refractivity contribution in [2.75, 3.05) is 19.8 Å². The lowest BCUT2D eigenvalue weighted by molar-refractivity contribution is -0.157. The first kappa shape index (κ1) is 11.5. The fraction of sp³-hybridized carbons (Fsp3) is 0.600. The van der Waals surface area contributed by atoms with Crippen LogP contribution in [0.2, 0.25) is 0 Å². The quantitative estimate of drug-likeness (QED) is 0.501. The molecule has 1 atom stereocenters. The van der Waals surface area contributed by atoms with Gasteiger partial charge in [-0.1, -0.05) is 5.92 Å². The number of rotatable bonds is 4. The van der Waals surface area contributed by atoms with E-state index in [1.165, 1.54) is 0 Å². The van der Waals surface area contributed by atoms with Gasteiger partial charge in [0.15, 0.2) is 12.7 Å². The van der Waals surface area contributed by atoms with E-state index in [1.54, 1.807) is 0 Å². The third kappa shape index (κ3) is 4.00. The second-order valence-corrected chi connectivity index (χ2v) is 3.09. The van der Waals surface area contributed by atoms with Gasteiger partial charge >= 0.3 is 5.97 Å². The lowest BCUT2D eigenvalue weighted by atomic mass is 10.2. The molecule has 1 N–H and O–H groups in total. The van der Waals surface area contributed by atoms with Crippen LogP contribution < -0.4 is 5.32 Å². The van der Waals surface area contributed by atoms with Crippen LogP contribution in [0.1, 0.15) is 12.8 Å². The van der Waals surface area contributed by atoms with Crippen molar-refractivity contribution in [1.82, 2.24) is 5.32 Å². The van der Waals surface area contributed by atoms with Crippen LogP contribution in [0.15, 0.2) is 0 Å².